The Morgan fingerprint density at radius 1 is 1.00 bits per heavy atom. The number of rotatable bonds is 1. The Morgan fingerprint density at radius 2 is 1.70 bits per heavy atom. The summed E-state index contributed by atoms with van der Waals surface area (Å²) >= 11 is 3.62. The van der Waals surface area contributed by atoms with Crippen LogP contribution in [0.2, 0.25) is 0 Å². The fraction of sp³-hybridized carbons (Fsp3) is 0.647. The van der Waals surface area contributed by atoms with Crippen LogP contribution in [0.3, 0.4) is 0 Å². The fourth-order valence-electron chi connectivity index (χ4n) is 3.98. The highest BCUT2D eigenvalue weighted by atomic mass is 79.9. The van der Waals surface area contributed by atoms with E-state index >= 15 is 0 Å². The quantitative estimate of drug-likeness (QED) is 0.760. The number of aryl methyl sites for hydroxylation is 2. The van der Waals surface area contributed by atoms with Crippen LogP contribution in [-0.4, -0.2) is 37.1 Å². The second-order valence-electron chi connectivity index (χ2n) is 6.37. The third-order valence-corrected chi connectivity index (χ3v) is 5.28. The van der Waals surface area contributed by atoms with E-state index in [1.807, 2.05) is 0 Å². The van der Waals surface area contributed by atoms with Gasteiger partial charge in [0.2, 0.25) is 0 Å². The molecule has 0 amide bonds. The van der Waals surface area contributed by atoms with Gasteiger partial charge in [-0.15, -0.1) is 0 Å². The van der Waals surface area contributed by atoms with Crippen LogP contribution in [0.1, 0.15) is 36.8 Å². The van der Waals surface area contributed by atoms with Crippen molar-refractivity contribution >= 4 is 21.6 Å². The Balaban J connectivity index is 1.86. The second-order valence-corrected chi connectivity index (χ2v) is 7.29. The molecule has 1 aromatic carbocycles. The third-order valence-electron chi connectivity index (χ3n) is 4.83. The molecule has 0 saturated carbocycles. The van der Waals surface area contributed by atoms with Crippen LogP contribution in [-0.2, 0) is 0 Å². The molecule has 0 bridgehead atoms. The van der Waals surface area contributed by atoms with E-state index in [4.69, 9.17) is 0 Å². The Bertz CT molecular complexity index is 463. The number of piperidine rings is 1. The molecule has 3 heteroatoms. The SMILES string of the molecule is Cc1cc(Br)cc(C)c1N1CCCN2CCCCC2C1. The predicted molar refractivity (Wildman–Crippen MR) is 89.7 cm³/mol. The van der Waals surface area contributed by atoms with Crippen molar-refractivity contribution in [1.82, 2.24) is 4.90 Å². The first-order valence-corrected chi connectivity index (χ1v) is 8.70. The van der Waals surface area contributed by atoms with E-state index in [1.165, 1.54) is 73.1 Å². The lowest BCUT2D eigenvalue weighted by Gasteiger charge is -2.36. The standard InChI is InChI=1S/C17H25BrN2/c1-13-10-15(18)11-14(2)17(13)20-9-5-8-19-7-4-3-6-16(19)12-20/h10-11,16H,3-9,12H2,1-2H3. The van der Waals surface area contributed by atoms with Crippen molar-refractivity contribution in [2.24, 2.45) is 0 Å². The van der Waals surface area contributed by atoms with Crippen molar-refractivity contribution in [1.29, 1.82) is 0 Å². The molecule has 0 N–H and O–H groups in total. The zero-order valence-electron chi connectivity index (χ0n) is 12.7. The van der Waals surface area contributed by atoms with Gasteiger partial charge in [-0.3, -0.25) is 4.90 Å². The number of anilines is 1. The number of hydrogen-bond donors (Lipinski definition) is 0. The molecule has 3 rings (SSSR count). The minimum atomic E-state index is 0.772. The topological polar surface area (TPSA) is 6.48 Å². The van der Waals surface area contributed by atoms with Gasteiger partial charge < -0.3 is 4.90 Å². The van der Waals surface area contributed by atoms with Crippen LogP contribution in [0, 0.1) is 13.8 Å². The van der Waals surface area contributed by atoms with Crippen molar-refractivity contribution in [3.8, 4) is 0 Å². The first-order chi connectivity index (χ1) is 9.65. The first-order valence-electron chi connectivity index (χ1n) is 7.91. The molecule has 2 saturated heterocycles. The van der Waals surface area contributed by atoms with E-state index in [-0.39, 0.29) is 0 Å². The Kier molecular flexibility index (Phi) is 4.37. The second kappa shape index (κ2) is 6.07. The van der Waals surface area contributed by atoms with Gasteiger partial charge in [0.05, 0.1) is 0 Å². The minimum absolute atomic E-state index is 0.772. The summed E-state index contributed by atoms with van der Waals surface area (Å²) in [7, 11) is 0. The predicted octanol–water partition coefficient (Wildman–Crippen LogP) is 4.13. The summed E-state index contributed by atoms with van der Waals surface area (Å²) in [5.74, 6) is 0. The van der Waals surface area contributed by atoms with E-state index < -0.39 is 0 Å². The van der Waals surface area contributed by atoms with Gasteiger partial charge in [0.25, 0.3) is 0 Å². The maximum Gasteiger partial charge on any atom is 0.0426 e. The zero-order valence-corrected chi connectivity index (χ0v) is 14.2. The van der Waals surface area contributed by atoms with Crippen LogP contribution >= 0.6 is 15.9 Å². The van der Waals surface area contributed by atoms with E-state index in [0.717, 1.165) is 6.04 Å². The summed E-state index contributed by atoms with van der Waals surface area (Å²) in [5.41, 5.74) is 4.28. The molecule has 1 unspecified atom stereocenters. The highest BCUT2D eigenvalue weighted by Crippen LogP contribution is 2.31. The molecule has 0 aromatic heterocycles. The molecule has 1 aromatic rings. The maximum absolute atomic E-state index is 3.62. The monoisotopic (exact) mass is 336 g/mol. The molecule has 2 fully saturated rings. The van der Waals surface area contributed by atoms with E-state index in [2.05, 4.69) is 51.7 Å². The van der Waals surface area contributed by atoms with Gasteiger partial charge in [-0.2, -0.15) is 0 Å². The Morgan fingerprint density at radius 3 is 2.45 bits per heavy atom. The number of fused-ring (bicyclic) bond motifs is 1. The van der Waals surface area contributed by atoms with Crippen LogP contribution in [0.5, 0.6) is 0 Å². The average Bonchev–Trinajstić information content (AvgIpc) is 2.59. The van der Waals surface area contributed by atoms with E-state index in [0.29, 0.717) is 0 Å². The van der Waals surface area contributed by atoms with Gasteiger partial charge in [-0.25, -0.2) is 0 Å². The number of hydrogen-bond acceptors (Lipinski definition) is 2. The molecule has 0 aliphatic carbocycles. The molecule has 2 aliphatic rings. The van der Waals surface area contributed by atoms with Crippen LogP contribution in [0.25, 0.3) is 0 Å². The molecular weight excluding hydrogens is 312 g/mol. The maximum atomic E-state index is 3.62. The summed E-state index contributed by atoms with van der Waals surface area (Å²) in [4.78, 5) is 5.38. The van der Waals surface area contributed by atoms with Crippen molar-refractivity contribution in [3.63, 3.8) is 0 Å². The molecule has 0 spiro atoms. The molecule has 110 valence electrons. The normalized spacial score (nSPS) is 24.4. The summed E-state index contributed by atoms with van der Waals surface area (Å²) in [6.07, 6.45) is 5.48. The van der Waals surface area contributed by atoms with Gasteiger partial charge in [-0.05, 0) is 62.9 Å². The van der Waals surface area contributed by atoms with Crippen LogP contribution in [0.15, 0.2) is 16.6 Å². The van der Waals surface area contributed by atoms with E-state index in [1.54, 1.807) is 0 Å². The molecule has 2 heterocycles. The third kappa shape index (κ3) is 2.89. The molecule has 1 atom stereocenters. The van der Waals surface area contributed by atoms with Gasteiger partial charge in [-0.1, -0.05) is 22.4 Å². The number of benzene rings is 1. The van der Waals surface area contributed by atoms with Crippen LogP contribution in [0.4, 0.5) is 5.69 Å². The lowest BCUT2D eigenvalue weighted by Crippen LogP contribution is -2.44. The van der Waals surface area contributed by atoms with Gasteiger partial charge >= 0.3 is 0 Å². The Labute approximate surface area is 131 Å². The van der Waals surface area contributed by atoms with Gasteiger partial charge in [0.1, 0.15) is 0 Å². The van der Waals surface area contributed by atoms with Gasteiger partial charge in [0, 0.05) is 35.8 Å². The summed E-state index contributed by atoms with van der Waals surface area (Å²) in [5, 5.41) is 0. The van der Waals surface area contributed by atoms with Crippen LogP contribution < -0.4 is 4.90 Å². The average molecular weight is 337 g/mol. The minimum Gasteiger partial charge on any atom is -0.369 e. The highest BCUT2D eigenvalue weighted by molar-refractivity contribution is 9.10. The van der Waals surface area contributed by atoms with Crippen molar-refractivity contribution in [2.45, 2.75) is 45.6 Å². The van der Waals surface area contributed by atoms with Gasteiger partial charge in [0.15, 0.2) is 0 Å². The smallest absolute Gasteiger partial charge is 0.0426 e. The fourth-order valence-corrected chi connectivity index (χ4v) is 4.66. The Hall–Kier alpha value is -0.540. The van der Waals surface area contributed by atoms with E-state index in [9.17, 15) is 0 Å². The molecular formula is C17H25BrN2. The van der Waals surface area contributed by atoms with Crippen molar-refractivity contribution in [3.05, 3.63) is 27.7 Å². The molecule has 20 heavy (non-hydrogen) atoms. The highest BCUT2D eigenvalue weighted by Gasteiger charge is 2.28. The largest absolute Gasteiger partial charge is 0.369 e. The van der Waals surface area contributed by atoms with Crippen molar-refractivity contribution in [2.75, 3.05) is 31.1 Å². The number of nitrogens with zero attached hydrogens (tertiary/aromatic N) is 2. The molecule has 2 aliphatic heterocycles. The summed E-state index contributed by atoms with van der Waals surface area (Å²) in [6, 6.07) is 5.28. The number of halogens is 1. The summed E-state index contributed by atoms with van der Waals surface area (Å²) < 4.78 is 1.20. The lowest BCUT2D eigenvalue weighted by molar-refractivity contribution is 0.162. The first kappa shape index (κ1) is 14.4. The lowest BCUT2D eigenvalue weighted by atomic mass is 10.0. The molecule has 2 nitrogen and oxygen atoms in total. The molecule has 0 radical (unpaired) electrons. The summed E-state index contributed by atoms with van der Waals surface area (Å²) in [6.45, 7) is 9.51. The van der Waals surface area contributed by atoms with Crippen molar-refractivity contribution < 1.29 is 0 Å². The zero-order chi connectivity index (χ0) is 14.1.